The van der Waals surface area contributed by atoms with E-state index in [9.17, 15) is 9.18 Å². The highest BCUT2D eigenvalue weighted by Crippen LogP contribution is 2.44. The third kappa shape index (κ3) is 4.77. The fraction of sp³-hybridized carbons (Fsp3) is 0.611. The molecule has 1 aromatic carbocycles. The predicted molar refractivity (Wildman–Crippen MR) is 92.4 cm³/mol. The molecule has 0 heterocycles. The van der Waals surface area contributed by atoms with Gasteiger partial charge in [0.15, 0.2) is 0 Å². The van der Waals surface area contributed by atoms with Gasteiger partial charge < -0.3 is 5.32 Å². The number of rotatable bonds is 8. The van der Waals surface area contributed by atoms with Gasteiger partial charge in [-0.15, -0.1) is 0 Å². The van der Waals surface area contributed by atoms with Crippen molar-refractivity contribution in [3.63, 3.8) is 0 Å². The molecule has 0 radical (unpaired) electrons. The summed E-state index contributed by atoms with van der Waals surface area (Å²) in [7, 11) is 0. The van der Waals surface area contributed by atoms with E-state index in [1.807, 2.05) is 11.8 Å². The summed E-state index contributed by atoms with van der Waals surface area (Å²) >= 11 is 3.37. The lowest BCUT2D eigenvalue weighted by Gasteiger charge is -2.23. The lowest BCUT2D eigenvalue weighted by Crippen LogP contribution is -2.44. The first-order valence-corrected chi connectivity index (χ1v) is 9.31. The Balaban J connectivity index is 1.55. The molecule has 2 aliphatic carbocycles. The van der Waals surface area contributed by atoms with Crippen molar-refractivity contribution in [3.05, 3.63) is 34.1 Å². The maximum Gasteiger partial charge on any atom is 0.234 e. The second-order valence-electron chi connectivity index (χ2n) is 6.81. The number of amides is 1. The highest BCUT2D eigenvalue weighted by atomic mass is 79.9. The maximum absolute atomic E-state index is 13.9. The molecule has 2 aliphatic rings. The van der Waals surface area contributed by atoms with Crippen molar-refractivity contribution in [2.45, 2.75) is 45.2 Å². The van der Waals surface area contributed by atoms with E-state index in [1.165, 1.54) is 31.7 Å². The molecule has 0 saturated heterocycles. The molecule has 5 heteroatoms. The van der Waals surface area contributed by atoms with Crippen LogP contribution in [0, 0.1) is 17.7 Å². The van der Waals surface area contributed by atoms with Crippen LogP contribution < -0.4 is 5.32 Å². The van der Waals surface area contributed by atoms with E-state index in [4.69, 9.17) is 0 Å². The molecular weight excluding hydrogens is 359 g/mol. The molecule has 0 aliphatic heterocycles. The average molecular weight is 383 g/mol. The van der Waals surface area contributed by atoms with Crippen LogP contribution in [-0.2, 0) is 11.3 Å². The van der Waals surface area contributed by atoms with Crippen LogP contribution in [0.5, 0.6) is 0 Å². The van der Waals surface area contributed by atoms with Gasteiger partial charge in [-0.3, -0.25) is 9.69 Å². The standard InChI is InChI=1S/C18H24BrFN2O/c1-2-22(10-14-9-15(19)7-8-16(14)20)11-17(23)21-18(12-3-4-12)13-5-6-13/h7-9,12-13,18H,2-6,10-11H2,1H3,(H,21,23). The van der Waals surface area contributed by atoms with E-state index in [0.717, 1.165) is 11.0 Å². The van der Waals surface area contributed by atoms with Gasteiger partial charge in [-0.05, 0) is 62.3 Å². The van der Waals surface area contributed by atoms with Crippen LogP contribution in [0.4, 0.5) is 4.39 Å². The minimum Gasteiger partial charge on any atom is -0.352 e. The first-order valence-electron chi connectivity index (χ1n) is 8.52. The predicted octanol–water partition coefficient (Wildman–Crippen LogP) is 3.71. The van der Waals surface area contributed by atoms with Gasteiger partial charge in [0.05, 0.1) is 6.54 Å². The van der Waals surface area contributed by atoms with E-state index >= 15 is 0 Å². The van der Waals surface area contributed by atoms with Gasteiger partial charge in [0, 0.05) is 22.6 Å². The third-order valence-electron chi connectivity index (χ3n) is 4.80. The number of carbonyl (C=O) groups is 1. The van der Waals surface area contributed by atoms with E-state index in [-0.39, 0.29) is 11.7 Å². The molecule has 2 fully saturated rings. The second kappa shape index (κ2) is 7.31. The Bertz CT molecular complexity index is 560. The summed E-state index contributed by atoms with van der Waals surface area (Å²) in [6.45, 7) is 3.50. The number of hydrogen-bond acceptors (Lipinski definition) is 2. The molecular formula is C18H24BrFN2O. The van der Waals surface area contributed by atoms with Crippen molar-refractivity contribution in [1.29, 1.82) is 0 Å². The Morgan fingerprint density at radius 1 is 1.35 bits per heavy atom. The van der Waals surface area contributed by atoms with Crippen molar-refractivity contribution < 1.29 is 9.18 Å². The average Bonchev–Trinajstić information content (AvgIpc) is 3.39. The summed E-state index contributed by atoms with van der Waals surface area (Å²) in [5.41, 5.74) is 0.620. The molecule has 1 amide bonds. The van der Waals surface area contributed by atoms with E-state index in [0.29, 0.717) is 36.5 Å². The topological polar surface area (TPSA) is 32.3 Å². The van der Waals surface area contributed by atoms with E-state index < -0.39 is 0 Å². The number of benzene rings is 1. The SMILES string of the molecule is CCN(CC(=O)NC(C1CC1)C1CC1)Cc1cc(Br)ccc1F. The van der Waals surface area contributed by atoms with E-state index in [1.54, 1.807) is 12.1 Å². The fourth-order valence-electron chi connectivity index (χ4n) is 3.15. The van der Waals surface area contributed by atoms with Crippen LogP contribution in [0.15, 0.2) is 22.7 Å². The molecule has 0 bridgehead atoms. The molecule has 0 unspecified atom stereocenters. The van der Waals surface area contributed by atoms with Gasteiger partial charge in [0.2, 0.25) is 5.91 Å². The minimum atomic E-state index is -0.221. The van der Waals surface area contributed by atoms with Crippen molar-refractivity contribution in [2.75, 3.05) is 13.1 Å². The zero-order valence-corrected chi connectivity index (χ0v) is 15.1. The van der Waals surface area contributed by atoms with Crippen LogP contribution in [0.2, 0.25) is 0 Å². The Morgan fingerprint density at radius 3 is 2.57 bits per heavy atom. The summed E-state index contributed by atoms with van der Waals surface area (Å²) in [5, 5.41) is 3.23. The van der Waals surface area contributed by atoms with Crippen LogP contribution in [0.3, 0.4) is 0 Å². The number of halogens is 2. The molecule has 0 spiro atoms. The normalized spacial score (nSPS) is 17.8. The lowest BCUT2D eigenvalue weighted by atomic mass is 10.1. The fourth-order valence-corrected chi connectivity index (χ4v) is 3.56. The molecule has 1 N–H and O–H groups in total. The molecule has 126 valence electrons. The van der Waals surface area contributed by atoms with Crippen LogP contribution in [0.1, 0.15) is 38.2 Å². The van der Waals surface area contributed by atoms with Crippen LogP contribution in [0.25, 0.3) is 0 Å². The molecule has 1 aromatic rings. The number of carbonyl (C=O) groups excluding carboxylic acids is 1. The first kappa shape index (κ1) is 16.9. The minimum absolute atomic E-state index is 0.0751. The summed E-state index contributed by atoms with van der Waals surface area (Å²) in [6.07, 6.45) is 5.01. The van der Waals surface area contributed by atoms with Crippen LogP contribution in [-0.4, -0.2) is 29.9 Å². The second-order valence-corrected chi connectivity index (χ2v) is 7.72. The third-order valence-corrected chi connectivity index (χ3v) is 5.30. The van der Waals surface area contributed by atoms with Gasteiger partial charge in [-0.2, -0.15) is 0 Å². The van der Waals surface area contributed by atoms with Crippen molar-refractivity contribution in [3.8, 4) is 0 Å². The lowest BCUT2D eigenvalue weighted by molar-refractivity contribution is -0.123. The summed E-state index contributed by atoms with van der Waals surface area (Å²) in [5.74, 6) is 1.25. The number of hydrogen-bond donors (Lipinski definition) is 1. The molecule has 3 rings (SSSR count). The van der Waals surface area contributed by atoms with Gasteiger partial charge in [-0.25, -0.2) is 4.39 Å². The Kier molecular flexibility index (Phi) is 5.37. The van der Waals surface area contributed by atoms with Gasteiger partial charge in [-0.1, -0.05) is 22.9 Å². The summed E-state index contributed by atoms with van der Waals surface area (Å²) in [6, 6.07) is 5.32. The van der Waals surface area contributed by atoms with Crippen LogP contribution >= 0.6 is 15.9 Å². The highest BCUT2D eigenvalue weighted by molar-refractivity contribution is 9.10. The van der Waals surface area contributed by atoms with Gasteiger partial charge in [0.1, 0.15) is 5.82 Å². The molecule has 2 saturated carbocycles. The Hall–Kier alpha value is -0.940. The Labute approximate surface area is 145 Å². The molecule has 0 atom stereocenters. The largest absolute Gasteiger partial charge is 0.352 e. The highest BCUT2D eigenvalue weighted by Gasteiger charge is 2.42. The monoisotopic (exact) mass is 382 g/mol. The number of nitrogens with zero attached hydrogens (tertiary/aromatic N) is 1. The maximum atomic E-state index is 13.9. The molecule has 23 heavy (non-hydrogen) atoms. The number of nitrogens with one attached hydrogen (secondary N) is 1. The smallest absolute Gasteiger partial charge is 0.234 e. The summed E-state index contributed by atoms with van der Waals surface area (Å²) < 4.78 is 14.8. The van der Waals surface area contributed by atoms with Crippen molar-refractivity contribution in [2.24, 2.45) is 11.8 Å². The van der Waals surface area contributed by atoms with Crippen molar-refractivity contribution >= 4 is 21.8 Å². The first-order chi connectivity index (χ1) is 11.1. The zero-order valence-electron chi connectivity index (χ0n) is 13.5. The quantitative estimate of drug-likeness (QED) is 0.742. The van der Waals surface area contributed by atoms with Gasteiger partial charge in [0.25, 0.3) is 0 Å². The Morgan fingerprint density at radius 2 is 2.00 bits per heavy atom. The zero-order chi connectivity index (χ0) is 16.4. The van der Waals surface area contributed by atoms with E-state index in [2.05, 4.69) is 21.2 Å². The molecule has 3 nitrogen and oxygen atoms in total. The molecule has 0 aromatic heterocycles. The van der Waals surface area contributed by atoms with Crippen molar-refractivity contribution in [1.82, 2.24) is 10.2 Å². The number of likely N-dealkylation sites (N-methyl/N-ethyl adjacent to an activating group) is 1. The van der Waals surface area contributed by atoms with Gasteiger partial charge >= 0.3 is 0 Å². The summed E-state index contributed by atoms with van der Waals surface area (Å²) in [4.78, 5) is 14.4.